The fraction of sp³-hybridized carbons (Fsp3) is 0.0714. The number of rotatable bonds is 4. The van der Waals surface area contributed by atoms with Gasteiger partial charge in [-0.2, -0.15) is 0 Å². The average molecular weight is 320 g/mol. The summed E-state index contributed by atoms with van der Waals surface area (Å²) in [5.74, 6) is -1.04. The molecule has 0 unspecified atom stereocenters. The highest BCUT2D eigenvalue weighted by Gasteiger charge is 2.24. The number of aryl methyl sites for hydroxylation is 1. The Labute approximate surface area is 126 Å². The van der Waals surface area contributed by atoms with Gasteiger partial charge in [-0.3, -0.25) is 14.9 Å². The summed E-state index contributed by atoms with van der Waals surface area (Å²) in [4.78, 5) is 22.2. The van der Waals surface area contributed by atoms with Crippen LogP contribution in [0.3, 0.4) is 0 Å². The number of nitrogens with zero attached hydrogens (tertiary/aromatic N) is 1. The Hall–Kier alpha value is -2.74. The molecule has 0 saturated heterocycles. The van der Waals surface area contributed by atoms with Crippen LogP contribution in [0.4, 0.5) is 5.69 Å². The summed E-state index contributed by atoms with van der Waals surface area (Å²) in [5.41, 5.74) is -0.149. The van der Waals surface area contributed by atoms with Crippen molar-refractivity contribution >= 4 is 21.6 Å². The highest BCUT2D eigenvalue weighted by Crippen LogP contribution is 2.20. The molecule has 0 radical (unpaired) electrons. The van der Waals surface area contributed by atoms with Crippen LogP contribution in [0.5, 0.6) is 0 Å². The van der Waals surface area contributed by atoms with Gasteiger partial charge in [-0.05, 0) is 30.7 Å². The number of carbonyl (C=O) groups excluding carboxylic acids is 1. The molecule has 0 spiro atoms. The summed E-state index contributed by atoms with van der Waals surface area (Å²) < 4.78 is 26.0. The maximum absolute atomic E-state index is 12.1. The Balaban J connectivity index is 2.38. The number of benzene rings is 2. The van der Waals surface area contributed by atoms with E-state index in [2.05, 4.69) is 0 Å². The van der Waals surface area contributed by atoms with E-state index in [1.807, 2.05) is 4.72 Å². The van der Waals surface area contributed by atoms with Crippen LogP contribution in [-0.4, -0.2) is 19.2 Å². The first-order chi connectivity index (χ1) is 10.3. The van der Waals surface area contributed by atoms with Gasteiger partial charge in [0, 0.05) is 6.07 Å². The highest BCUT2D eigenvalue weighted by molar-refractivity contribution is 7.90. The van der Waals surface area contributed by atoms with Crippen molar-refractivity contribution in [2.24, 2.45) is 0 Å². The fourth-order valence-electron chi connectivity index (χ4n) is 1.83. The van der Waals surface area contributed by atoms with Crippen LogP contribution in [0.2, 0.25) is 0 Å². The molecule has 8 heteroatoms. The predicted molar refractivity (Wildman–Crippen MR) is 78.9 cm³/mol. The Morgan fingerprint density at radius 2 is 1.77 bits per heavy atom. The van der Waals surface area contributed by atoms with Crippen LogP contribution >= 0.6 is 0 Å². The molecule has 114 valence electrons. The molecule has 2 aromatic carbocycles. The SMILES string of the molecule is Cc1ccc([N+](=O)[O-])c(C(=O)NS(=O)(=O)c2ccccc2)c1. The lowest BCUT2D eigenvalue weighted by molar-refractivity contribution is -0.385. The molecule has 0 bridgehead atoms. The number of nitro groups is 1. The first kappa shape index (κ1) is 15.6. The van der Waals surface area contributed by atoms with Gasteiger partial charge in [0.2, 0.25) is 0 Å². The first-order valence-electron chi connectivity index (χ1n) is 6.18. The molecule has 1 N–H and O–H groups in total. The second kappa shape index (κ2) is 5.94. The maximum Gasteiger partial charge on any atom is 0.282 e. The van der Waals surface area contributed by atoms with E-state index >= 15 is 0 Å². The van der Waals surface area contributed by atoms with Gasteiger partial charge in [0.05, 0.1) is 9.82 Å². The molecule has 0 aliphatic rings. The van der Waals surface area contributed by atoms with Gasteiger partial charge in [-0.25, -0.2) is 13.1 Å². The molecule has 2 aromatic rings. The van der Waals surface area contributed by atoms with E-state index in [9.17, 15) is 23.3 Å². The van der Waals surface area contributed by atoms with Crippen molar-refractivity contribution in [1.29, 1.82) is 0 Å². The largest absolute Gasteiger partial charge is 0.282 e. The Morgan fingerprint density at radius 1 is 1.14 bits per heavy atom. The fourth-order valence-corrected chi connectivity index (χ4v) is 2.81. The van der Waals surface area contributed by atoms with Gasteiger partial charge in [0.1, 0.15) is 5.56 Å². The van der Waals surface area contributed by atoms with E-state index in [1.165, 1.54) is 42.5 Å². The molecular weight excluding hydrogens is 308 g/mol. The second-order valence-electron chi connectivity index (χ2n) is 4.53. The second-order valence-corrected chi connectivity index (χ2v) is 6.21. The molecule has 0 fully saturated rings. The van der Waals surface area contributed by atoms with E-state index in [0.29, 0.717) is 5.56 Å². The van der Waals surface area contributed by atoms with Gasteiger partial charge < -0.3 is 0 Å². The van der Waals surface area contributed by atoms with Gasteiger partial charge in [0.15, 0.2) is 0 Å². The molecule has 2 rings (SSSR count). The summed E-state index contributed by atoms with van der Waals surface area (Å²) >= 11 is 0. The van der Waals surface area contributed by atoms with Crippen molar-refractivity contribution in [2.45, 2.75) is 11.8 Å². The zero-order valence-electron chi connectivity index (χ0n) is 11.5. The van der Waals surface area contributed by atoms with Gasteiger partial charge in [-0.15, -0.1) is 0 Å². The summed E-state index contributed by atoms with van der Waals surface area (Å²) in [6, 6.07) is 11.2. The van der Waals surface area contributed by atoms with Crippen LogP contribution < -0.4 is 4.72 Å². The zero-order chi connectivity index (χ0) is 16.3. The van der Waals surface area contributed by atoms with Crippen LogP contribution in [0.25, 0.3) is 0 Å². The van der Waals surface area contributed by atoms with Crippen LogP contribution in [0.1, 0.15) is 15.9 Å². The quantitative estimate of drug-likeness (QED) is 0.685. The lowest BCUT2D eigenvalue weighted by atomic mass is 10.1. The Bertz CT molecular complexity index is 832. The number of nitrogens with one attached hydrogen (secondary N) is 1. The minimum atomic E-state index is -4.09. The average Bonchev–Trinajstić information content (AvgIpc) is 2.47. The lowest BCUT2D eigenvalue weighted by Gasteiger charge is -2.07. The smallest absolute Gasteiger partial charge is 0.268 e. The van der Waals surface area contributed by atoms with Crippen LogP contribution in [0.15, 0.2) is 53.4 Å². The van der Waals surface area contributed by atoms with Crippen LogP contribution in [-0.2, 0) is 10.0 Å². The molecule has 0 atom stereocenters. The summed E-state index contributed by atoms with van der Waals surface area (Å²) in [5, 5.41) is 10.9. The number of hydrogen-bond acceptors (Lipinski definition) is 5. The van der Waals surface area contributed by atoms with Gasteiger partial charge in [0.25, 0.3) is 21.6 Å². The topological polar surface area (TPSA) is 106 Å². The maximum atomic E-state index is 12.1. The molecule has 0 saturated carbocycles. The van der Waals surface area contributed by atoms with E-state index in [0.717, 1.165) is 0 Å². The lowest BCUT2D eigenvalue weighted by Crippen LogP contribution is -2.31. The third-order valence-electron chi connectivity index (χ3n) is 2.87. The molecular formula is C14H12N2O5S. The van der Waals surface area contributed by atoms with Gasteiger partial charge >= 0.3 is 0 Å². The van der Waals surface area contributed by atoms with E-state index in [4.69, 9.17) is 0 Å². The Morgan fingerprint density at radius 3 is 2.36 bits per heavy atom. The predicted octanol–water partition coefficient (Wildman–Crippen LogP) is 2.02. The summed E-state index contributed by atoms with van der Waals surface area (Å²) in [6.07, 6.45) is 0. The third-order valence-corrected chi connectivity index (χ3v) is 4.22. The minimum absolute atomic E-state index is 0.0985. The molecule has 0 aromatic heterocycles. The number of sulfonamides is 1. The summed E-state index contributed by atoms with van der Waals surface area (Å²) in [6.45, 7) is 1.65. The Kier molecular flexibility index (Phi) is 4.22. The normalized spacial score (nSPS) is 11.0. The molecule has 0 aliphatic carbocycles. The molecule has 0 heterocycles. The molecule has 22 heavy (non-hydrogen) atoms. The van der Waals surface area contributed by atoms with Crippen molar-refractivity contribution in [3.8, 4) is 0 Å². The number of carbonyl (C=O) groups is 1. The van der Waals surface area contributed by atoms with Crippen molar-refractivity contribution < 1.29 is 18.1 Å². The van der Waals surface area contributed by atoms with Crippen molar-refractivity contribution in [2.75, 3.05) is 0 Å². The first-order valence-corrected chi connectivity index (χ1v) is 7.67. The van der Waals surface area contributed by atoms with Crippen molar-refractivity contribution in [3.63, 3.8) is 0 Å². The van der Waals surface area contributed by atoms with Crippen LogP contribution in [0, 0.1) is 17.0 Å². The minimum Gasteiger partial charge on any atom is -0.268 e. The van der Waals surface area contributed by atoms with E-state index < -0.39 is 26.5 Å². The molecule has 1 amide bonds. The van der Waals surface area contributed by atoms with Crippen molar-refractivity contribution in [3.05, 3.63) is 69.8 Å². The van der Waals surface area contributed by atoms with Gasteiger partial charge in [-0.1, -0.05) is 24.3 Å². The molecule has 0 aliphatic heterocycles. The standard InChI is InChI=1S/C14H12N2O5S/c1-10-7-8-13(16(18)19)12(9-10)14(17)15-22(20,21)11-5-3-2-4-6-11/h2-9H,1H3,(H,15,17). The van der Waals surface area contributed by atoms with E-state index in [1.54, 1.807) is 13.0 Å². The zero-order valence-corrected chi connectivity index (χ0v) is 12.3. The molecule has 7 nitrogen and oxygen atoms in total. The van der Waals surface area contributed by atoms with E-state index in [-0.39, 0.29) is 10.5 Å². The summed E-state index contributed by atoms with van der Waals surface area (Å²) in [7, 11) is -4.09. The third kappa shape index (κ3) is 3.29. The number of amides is 1. The highest BCUT2D eigenvalue weighted by atomic mass is 32.2. The number of nitro benzene ring substituents is 1. The monoisotopic (exact) mass is 320 g/mol. The number of hydrogen-bond donors (Lipinski definition) is 1. The van der Waals surface area contributed by atoms with Crippen molar-refractivity contribution in [1.82, 2.24) is 4.72 Å².